The molecule has 0 spiro atoms. The number of pyridine rings is 1. The summed E-state index contributed by atoms with van der Waals surface area (Å²) in [5, 5.41) is 4.67. The second kappa shape index (κ2) is 7.36. The maximum Gasteiger partial charge on any atom is 0.237 e. The highest BCUT2D eigenvalue weighted by Gasteiger charge is 2.19. The summed E-state index contributed by atoms with van der Waals surface area (Å²) in [6.07, 6.45) is 0. The number of benzene rings is 2. The van der Waals surface area contributed by atoms with Gasteiger partial charge < -0.3 is 14.8 Å². The van der Waals surface area contributed by atoms with Crippen LogP contribution in [0, 0.1) is 20.8 Å². The van der Waals surface area contributed by atoms with Crippen molar-refractivity contribution in [2.24, 2.45) is 0 Å². The van der Waals surface area contributed by atoms with E-state index in [4.69, 9.17) is 14.5 Å². The van der Waals surface area contributed by atoms with Gasteiger partial charge in [0, 0.05) is 17.1 Å². The fourth-order valence-corrected chi connectivity index (χ4v) is 4.24. The number of amides is 1. The molecule has 2 heterocycles. The van der Waals surface area contributed by atoms with E-state index >= 15 is 0 Å². The second-order valence-corrected chi connectivity index (χ2v) is 8.43. The lowest BCUT2D eigenvalue weighted by molar-refractivity contribution is -0.115. The molecule has 0 fully saturated rings. The Bertz CT molecular complexity index is 1080. The largest absolute Gasteiger partial charge is 0.454 e. The maximum atomic E-state index is 12.6. The predicted molar refractivity (Wildman–Crippen MR) is 112 cm³/mol. The summed E-state index contributed by atoms with van der Waals surface area (Å²) >= 11 is 1.46. The molecule has 3 aromatic rings. The SMILES string of the molecule is Cc1cc(C)c2nc(S[C@@H](C)C(=O)Nc3ccc4c(c3)OCO4)cc(C)c2c1. The van der Waals surface area contributed by atoms with Crippen molar-refractivity contribution in [1.29, 1.82) is 0 Å². The third-order valence-corrected chi connectivity index (χ3v) is 5.76. The van der Waals surface area contributed by atoms with E-state index in [2.05, 4.69) is 44.3 Å². The first kappa shape index (κ1) is 18.6. The number of aromatic nitrogens is 1. The van der Waals surface area contributed by atoms with Gasteiger partial charge in [0.2, 0.25) is 12.7 Å². The number of thioether (sulfide) groups is 1. The van der Waals surface area contributed by atoms with Crippen molar-refractivity contribution in [1.82, 2.24) is 4.98 Å². The molecule has 1 aromatic heterocycles. The Hall–Kier alpha value is -2.73. The van der Waals surface area contributed by atoms with Crippen molar-refractivity contribution in [2.75, 3.05) is 12.1 Å². The van der Waals surface area contributed by atoms with E-state index in [9.17, 15) is 4.79 Å². The monoisotopic (exact) mass is 394 g/mol. The molecule has 1 aliphatic rings. The summed E-state index contributed by atoms with van der Waals surface area (Å²) in [6, 6.07) is 11.7. The first-order chi connectivity index (χ1) is 13.4. The summed E-state index contributed by atoms with van der Waals surface area (Å²) in [6.45, 7) is 8.36. The Kier molecular flexibility index (Phi) is 4.89. The number of anilines is 1. The van der Waals surface area contributed by atoms with Gasteiger partial charge in [0.15, 0.2) is 11.5 Å². The van der Waals surface area contributed by atoms with Crippen molar-refractivity contribution in [3.8, 4) is 11.5 Å². The van der Waals surface area contributed by atoms with Gasteiger partial charge in [-0.3, -0.25) is 4.79 Å². The van der Waals surface area contributed by atoms with Gasteiger partial charge in [-0.15, -0.1) is 0 Å². The zero-order valence-electron chi connectivity index (χ0n) is 16.3. The average molecular weight is 394 g/mol. The normalized spacial score (nSPS) is 13.6. The first-order valence-corrected chi connectivity index (χ1v) is 10.0. The van der Waals surface area contributed by atoms with Crippen molar-refractivity contribution in [2.45, 2.75) is 38.0 Å². The minimum atomic E-state index is -0.291. The van der Waals surface area contributed by atoms with E-state index in [-0.39, 0.29) is 18.0 Å². The van der Waals surface area contributed by atoms with Crippen LogP contribution in [-0.2, 0) is 4.79 Å². The van der Waals surface area contributed by atoms with Crippen LogP contribution >= 0.6 is 11.8 Å². The average Bonchev–Trinajstić information content (AvgIpc) is 3.10. The van der Waals surface area contributed by atoms with E-state index < -0.39 is 0 Å². The lowest BCUT2D eigenvalue weighted by atomic mass is 10.0. The predicted octanol–water partition coefficient (Wildman–Crippen LogP) is 5.01. The summed E-state index contributed by atoms with van der Waals surface area (Å²) < 4.78 is 10.7. The van der Waals surface area contributed by atoms with Crippen LogP contribution in [0.1, 0.15) is 23.6 Å². The highest BCUT2D eigenvalue weighted by Crippen LogP contribution is 2.35. The molecule has 0 bridgehead atoms. The molecule has 0 aliphatic carbocycles. The van der Waals surface area contributed by atoms with Crippen molar-refractivity contribution in [3.63, 3.8) is 0 Å². The standard InChI is InChI=1S/C22H22N2O3S/c1-12-7-14(3)21-17(8-12)13(2)9-20(24-21)28-15(4)22(25)23-16-5-6-18-19(10-16)27-11-26-18/h5-10,15H,11H2,1-4H3,(H,23,25)/t15-/m0/s1. The molecule has 0 radical (unpaired) electrons. The fourth-order valence-electron chi connectivity index (χ4n) is 3.33. The number of hydrogen-bond acceptors (Lipinski definition) is 5. The van der Waals surface area contributed by atoms with Gasteiger partial charge in [-0.25, -0.2) is 4.98 Å². The van der Waals surface area contributed by atoms with Gasteiger partial charge in [0.05, 0.1) is 15.8 Å². The molecule has 0 unspecified atom stereocenters. The lowest BCUT2D eigenvalue weighted by Gasteiger charge is -2.14. The van der Waals surface area contributed by atoms with Crippen LogP contribution in [0.15, 0.2) is 41.4 Å². The summed E-state index contributed by atoms with van der Waals surface area (Å²) in [5.74, 6) is 1.27. The lowest BCUT2D eigenvalue weighted by Crippen LogP contribution is -2.22. The third kappa shape index (κ3) is 3.64. The summed E-state index contributed by atoms with van der Waals surface area (Å²) in [4.78, 5) is 17.4. The Morgan fingerprint density at radius 2 is 1.86 bits per heavy atom. The number of hydrogen-bond donors (Lipinski definition) is 1. The topological polar surface area (TPSA) is 60.5 Å². The molecular weight excluding hydrogens is 372 g/mol. The minimum absolute atomic E-state index is 0.0796. The van der Waals surface area contributed by atoms with E-state index in [1.54, 1.807) is 12.1 Å². The Labute approximate surface area is 168 Å². The fraction of sp³-hybridized carbons (Fsp3) is 0.273. The van der Waals surface area contributed by atoms with Crippen molar-refractivity contribution < 1.29 is 14.3 Å². The van der Waals surface area contributed by atoms with E-state index in [1.807, 2.05) is 13.0 Å². The van der Waals surface area contributed by atoms with Crippen LogP contribution in [-0.4, -0.2) is 22.9 Å². The van der Waals surface area contributed by atoms with Gasteiger partial charge in [-0.1, -0.05) is 23.4 Å². The van der Waals surface area contributed by atoms with Gasteiger partial charge in [-0.2, -0.15) is 0 Å². The number of carbonyl (C=O) groups is 1. The Morgan fingerprint density at radius 3 is 2.68 bits per heavy atom. The van der Waals surface area contributed by atoms with Crippen molar-refractivity contribution >= 4 is 34.3 Å². The highest BCUT2D eigenvalue weighted by atomic mass is 32.2. The smallest absolute Gasteiger partial charge is 0.237 e. The Morgan fingerprint density at radius 1 is 1.07 bits per heavy atom. The van der Waals surface area contributed by atoms with Gasteiger partial charge in [0.25, 0.3) is 0 Å². The zero-order valence-corrected chi connectivity index (χ0v) is 17.1. The molecule has 1 atom stereocenters. The van der Waals surface area contributed by atoms with Crippen molar-refractivity contribution in [3.05, 3.63) is 53.1 Å². The van der Waals surface area contributed by atoms with Crippen LogP contribution < -0.4 is 14.8 Å². The molecule has 5 nitrogen and oxygen atoms in total. The molecule has 28 heavy (non-hydrogen) atoms. The summed E-state index contributed by atoms with van der Waals surface area (Å²) in [7, 11) is 0. The van der Waals surface area contributed by atoms with Crippen LogP contribution in [0.25, 0.3) is 10.9 Å². The Balaban J connectivity index is 1.51. The third-order valence-electron chi connectivity index (χ3n) is 4.74. The second-order valence-electron chi connectivity index (χ2n) is 7.07. The molecular formula is C22H22N2O3S. The van der Waals surface area contributed by atoms with E-state index in [0.29, 0.717) is 17.2 Å². The van der Waals surface area contributed by atoms with Crippen LogP contribution in [0.5, 0.6) is 11.5 Å². The highest BCUT2D eigenvalue weighted by molar-refractivity contribution is 8.00. The number of aryl methyl sites for hydroxylation is 3. The minimum Gasteiger partial charge on any atom is -0.454 e. The number of ether oxygens (including phenoxy) is 2. The number of fused-ring (bicyclic) bond motifs is 2. The van der Waals surface area contributed by atoms with E-state index in [0.717, 1.165) is 16.1 Å². The first-order valence-electron chi connectivity index (χ1n) is 9.16. The van der Waals surface area contributed by atoms with Crippen LogP contribution in [0.4, 0.5) is 5.69 Å². The molecule has 1 aliphatic heterocycles. The molecule has 1 amide bonds. The molecule has 144 valence electrons. The zero-order chi connectivity index (χ0) is 19.8. The van der Waals surface area contributed by atoms with Crippen LogP contribution in [0.3, 0.4) is 0 Å². The van der Waals surface area contributed by atoms with Crippen LogP contribution in [0.2, 0.25) is 0 Å². The molecule has 0 saturated heterocycles. The summed E-state index contributed by atoms with van der Waals surface area (Å²) in [5.41, 5.74) is 5.24. The quantitative estimate of drug-likeness (QED) is 0.631. The van der Waals surface area contributed by atoms with Gasteiger partial charge in [0.1, 0.15) is 0 Å². The van der Waals surface area contributed by atoms with Gasteiger partial charge in [-0.05, 0) is 63.1 Å². The number of nitrogens with one attached hydrogen (secondary N) is 1. The van der Waals surface area contributed by atoms with E-state index in [1.165, 1.54) is 28.3 Å². The molecule has 0 saturated carbocycles. The number of carbonyl (C=O) groups excluding carboxylic acids is 1. The molecule has 6 heteroatoms. The molecule has 4 rings (SSSR count). The number of nitrogens with zero attached hydrogens (tertiary/aromatic N) is 1. The maximum absolute atomic E-state index is 12.6. The molecule has 1 N–H and O–H groups in total. The number of rotatable bonds is 4. The van der Waals surface area contributed by atoms with Gasteiger partial charge >= 0.3 is 0 Å². The molecule has 2 aromatic carbocycles.